The van der Waals surface area contributed by atoms with Crippen molar-refractivity contribution in [3.8, 4) is 0 Å². The molecule has 1 aliphatic heterocycles. The summed E-state index contributed by atoms with van der Waals surface area (Å²) in [5, 5.41) is 2.59. The summed E-state index contributed by atoms with van der Waals surface area (Å²) in [4.78, 5) is 62.6. The van der Waals surface area contributed by atoms with Gasteiger partial charge in [-0.15, -0.1) is 0 Å². The minimum absolute atomic E-state index is 0.0794. The molecule has 34 heavy (non-hydrogen) atoms. The van der Waals surface area contributed by atoms with Crippen LogP contribution in [0.4, 0.5) is 11.4 Å². The van der Waals surface area contributed by atoms with E-state index in [9.17, 15) is 24.0 Å². The fraction of sp³-hybridized carbons (Fsp3) is 0.346. The molecule has 4 rings (SSSR count). The van der Waals surface area contributed by atoms with Crippen LogP contribution in [0.2, 0.25) is 0 Å². The molecule has 0 bridgehead atoms. The second-order valence-electron chi connectivity index (χ2n) is 8.95. The second-order valence-corrected chi connectivity index (χ2v) is 8.95. The molecule has 3 atom stereocenters. The van der Waals surface area contributed by atoms with Gasteiger partial charge in [0, 0.05) is 11.3 Å². The monoisotopic (exact) mass is 462 g/mol. The number of imide groups is 1. The van der Waals surface area contributed by atoms with Gasteiger partial charge in [0.1, 0.15) is 0 Å². The van der Waals surface area contributed by atoms with Gasteiger partial charge >= 0.3 is 5.97 Å². The molecule has 0 unspecified atom stereocenters. The number of rotatable bonds is 6. The maximum atomic E-state index is 12.8. The Bertz CT molecular complexity index is 1140. The smallest absolute Gasteiger partial charge is 0.338 e. The van der Waals surface area contributed by atoms with Crippen molar-refractivity contribution in [2.75, 3.05) is 16.8 Å². The van der Waals surface area contributed by atoms with Crippen LogP contribution in [0.3, 0.4) is 0 Å². The Kier molecular flexibility index (Phi) is 6.58. The van der Waals surface area contributed by atoms with Gasteiger partial charge in [-0.3, -0.25) is 24.1 Å². The number of esters is 1. The highest BCUT2D eigenvalue weighted by Crippen LogP contribution is 2.42. The van der Waals surface area contributed by atoms with Crippen molar-refractivity contribution in [2.24, 2.45) is 17.8 Å². The predicted octanol–water partition coefficient (Wildman–Crippen LogP) is 3.61. The molecule has 2 aromatic carbocycles. The van der Waals surface area contributed by atoms with Crippen LogP contribution in [-0.2, 0) is 19.1 Å². The largest absolute Gasteiger partial charge is 0.452 e. The number of ketones is 1. The van der Waals surface area contributed by atoms with Gasteiger partial charge in [0.25, 0.3) is 5.91 Å². The molecule has 8 nitrogen and oxygen atoms in total. The Morgan fingerprint density at radius 3 is 2.18 bits per heavy atom. The fourth-order valence-corrected chi connectivity index (χ4v) is 4.59. The summed E-state index contributed by atoms with van der Waals surface area (Å²) in [6, 6.07) is 12.4. The van der Waals surface area contributed by atoms with E-state index in [1.54, 1.807) is 36.4 Å². The van der Waals surface area contributed by atoms with E-state index >= 15 is 0 Å². The summed E-state index contributed by atoms with van der Waals surface area (Å²) < 4.78 is 5.07. The number of hydrogen-bond donors (Lipinski definition) is 1. The molecule has 0 spiro atoms. The van der Waals surface area contributed by atoms with Crippen LogP contribution in [0, 0.1) is 17.8 Å². The molecule has 0 radical (unpaired) electrons. The fourth-order valence-electron chi connectivity index (χ4n) is 4.59. The Labute approximate surface area is 197 Å². The van der Waals surface area contributed by atoms with E-state index in [1.807, 2.05) is 0 Å². The van der Waals surface area contributed by atoms with Gasteiger partial charge in [-0.2, -0.15) is 0 Å². The first-order chi connectivity index (χ1) is 16.2. The average molecular weight is 463 g/mol. The van der Waals surface area contributed by atoms with Gasteiger partial charge in [-0.1, -0.05) is 6.92 Å². The van der Waals surface area contributed by atoms with Gasteiger partial charge in [-0.05, 0) is 80.6 Å². The molecule has 1 saturated carbocycles. The number of carbonyl (C=O) groups is 5. The van der Waals surface area contributed by atoms with E-state index in [0.29, 0.717) is 22.9 Å². The summed E-state index contributed by atoms with van der Waals surface area (Å²) >= 11 is 0. The van der Waals surface area contributed by atoms with Crippen molar-refractivity contribution >= 4 is 40.8 Å². The molecular formula is C26H26N2O6. The third-order valence-electron chi connectivity index (χ3n) is 6.46. The number of fused-ring (bicyclic) bond motifs is 1. The van der Waals surface area contributed by atoms with E-state index in [2.05, 4.69) is 12.2 Å². The summed E-state index contributed by atoms with van der Waals surface area (Å²) in [7, 11) is 0. The third kappa shape index (κ3) is 4.76. The van der Waals surface area contributed by atoms with Gasteiger partial charge < -0.3 is 10.1 Å². The molecule has 3 amide bonds. The molecule has 176 valence electrons. The zero-order valence-electron chi connectivity index (χ0n) is 19.1. The Balaban J connectivity index is 1.33. The SMILES string of the molecule is CC(=O)c1ccc(NC(=O)COC(=O)c2ccc(N3C(=O)[C@H]4C[C@@H](C)CC[C@H]4C3=O)cc2)cc1. The normalized spacial score (nSPS) is 21.7. The van der Waals surface area contributed by atoms with Crippen LogP contribution in [0.25, 0.3) is 0 Å². The number of hydrogen-bond acceptors (Lipinski definition) is 6. The molecule has 0 aromatic heterocycles. The van der Waals surface area contributed by atoms with Crippen LogP contribution < -0.4 is 10.2 Å². The standard InChI is InChI=1S/C26H26N2O6/c1-15-3-12-21-22(13-15)25(32)28(24(21)31)20-10-6-18(7-11-20)26(33)34-14-23(30)27-19-8-4-17(5-9-19)16(2)29/h4-11,15,21-22H,3,12-14H2,1-2H3,(H,27,30)/t15-,21+,22-/m0/s1. The summed E-state index contributed by atoms with van der Waals surface area (Å²) in [6.45, 7) is 3.06. The number of anilines is 2. The van der Waals surface area contributed by atoms with Crippen LogP contribution in [0.15, 0.2) is 48.5 Å². The van der Waals surface area contributed by atoms with E-state index in [4.69, 9.17) is 4.74 Å². The number of nitrogens with zero attached hydrogens (tertiary/aromatic N) is 1. The highest BCUT2D eigenvalue weighted by atomic mass is 16.5. The summed E-state index contributed by atoms with van der Waals surface area (Å²) in [6.07, 6.45) is 2.38. The number of carbonyl (C=O) groups excluding carboxylic acids is 5. The minimum atomic E-state index is -0.699. The molecule has 8 heteroatoms. The zero-order valence-corrected chi connectivity index (χ0v) is 19.1. The van der Waals surface area contributed by atoms with E-state index in [0.717, 1.165) is 19.3 Å². The van der Waals surface area contributed by atoms with Gasteiger partial charge in [-0.25, -0.2) is 4.79 Å². The first-order valence-corrected chi connectivity index (χ1v) is 11.3. The lowest BCUT2D eigenvalue weighted by molar-refractivity contribution is -0.122. The van der Waals surface area contributed by atoms with Crippen molar-refractivity contribution in [1.82, 2.24) is 0 Å². The summed E-state index contributed by atoms with van der Waals surface area (Å²) in [5.41, 5.74) is 1.64. The van der Waals surface area contributed by atoms with E-state index in [-0.39, 0.29) is 35.0 Å². The molecule has 2 aromatic rings. The van der Waals surface area contributed by atoms with E-state index in [1.165, 1.54) is 24.0 Å². The molecule has 1 aliphatic carbocycles. The Morgan fingerprint density at radius 1 is 0.912 bits per heavy atom. The molecule has 1 N–H and O–H groups in total. The molecule has 1 heterocycles. The minimum Gasteiger partial charge on any atom is -0.452 e. The summed E-state index contributed by atoms with van der Waals surface area (Å²) in [5.74, 6) is -1.75. The number of amides is 3. The third-order valence-corrected chi connectivity index (χ3v) is 6.46. The Morgan fingerprint density at radius 2 is 1.53 bits per heavy atom. The zero-order chi connectivity index (χ0) is 24.4. The topological polar surface area (TPSA) is 110 Å². The maximum absolute atomic E-state index is 12.8. The first-order valence-electron chi connectivity index (χ1n) is 11.3. The lowest BCUT2D eigenvalue weighted by Crippen LogP contribution is -2.30. The van der Waals surface area contributed by atoms with Crippen LogP contribution in [0.1, 0.15) is 53.8 Å². The Hall–Kier alpha value is -3.81. The van der Waals surface area contributed by atoms with Crippen LogP contribution >= 0.6 is 0 Å². The maximum Gasteiger partial charge on any atom is 0.338 e. The second kappa shape index (κ2) is 9.59. The number of Topliss-reactive ketones (excluding diaryl/α,β-unsaturated/α-hetero) is 1. The molecule has 2 fully saturated rings. The van der Waals surface area contributed by atoms with Crippen LogP contribution in [0.5, 0.6) is 0 Å². The average Bonchev–Trinajstić information content (AvgIpc) is 3.07. The number of ether oxygens (including phenoxy) is 1. The predicted molar refractivity (Wildman–Crippen MR) is 124 cm³/mol. The molecular weight excluding hydrogens is 436 g/mol. The van der Waals surface area contributed by atoms with Crippen LogP contribution in [-0.4, -0.2) is 36.1 Å². The lowest BCUT2D eigenvalue weighted by Gasteiger charge is -2.25. The van der Waals surface area contributed by atoms with Crippen molar-refractivity contribution in [2.45, 2.75) is 33.1 Å². The molecule has 2 aliphatic rings. The number of benzene rings is 2. The highest BCUT2D eigenvalue weighted by Gasteiger charge is 2.49. The van der Waals surface area contributed by atoms with Crippen molar-refractivity contribution in [1.29, 1.82) is 0 Å². The van der Waals surface area contributed by atoms with Gasteiger partial charge in [0.15, 0.2) is 12.4 Å². The van der Waals surface area contributed by atoms with E-state index < -0.39 is 18.5 Å². The number of nitrogens with one attached hydrogen (secondary N) is 1. The van der Waals surface area contributed by atoms with Gasteiger partial charge in [0.05, 0.1) is 23.1 Å². The first kappa shape index (κ1) is 23.4. The van der Waals surface area contributed by atoms with Crippen molar-refractivity contribution in [3.63, 3.8) is 0 Å². The van der Waals surface area contributed by atoms with Crippen molar-refractivity contribution < 1.29 is 28.7 Å². The van der Waals surface area contributed by atoms with Crippen molar-refractivity contribution in [3.05, 3.63) is 59.7 Å². The molecule has 1 saturated heterocycles. The highest BCUT2D eigenvalue weighted by molar-refractivity contribution is 6.22. The lowest BCUT2D eigenvalue weighted by atomic mass is 9.76. The van der Waals surface area contributed by atoms with Gasteiger partial charge in [0.2, 0.25) is 11.8 Å². The quantitative estimate of drug-likeness (QED) is 0.399.